The lowest BCUT2D eigenvalue weighted by molar-refractivity contribution is -0.118. The number of carbonyl (C=O) groups is 1. The summed E-state index contributed by atoms with van der Waals surface area (Å²) in [4.78, 5) is 27.6. The molecule has 1 aliphatic carbocycles. The Labute approximate surface area is 152 Å². The van der Waals surface area contributed by atoms with E-state index in [1.54, 1.807) is 30.5 Å². The van der Waals surface area contributed by atoms with Crippen LogP contribution in [-0.2, 0) is 11.3 Å². The van der Waals surface area contributed by atoms with Crippen LogP contribution in [0, 0.1) is 0 Å². The van der Waals surface area contributed by atoms with Crippen LogP contribution in [0.25, 0.3) is 11.0 Å². The van der Waals surface area contributed by atoms with Gasteiger partial charge in [-0.2, -0.15) is 0 Å². The van der Waals surface area contributed by atoms with Gasteiger partial charge >= 0.3 is 0 Å². The predicted molar refractivity (Wildman–Crippen MR) is 101 cm³/mol. The minimum absolute atomic E-state index is 0.0225. The summed E-state index contributed by atoms with van der Waals surface area (Å²) in [7, 11) is 1.74. The third-order valence-electron chi connectivity index (χ3n) is 5.22. The number of likely N-dealkylation sites (N-methyl/N-ethyl adjacent to an activating group) is 1. The number of fused-ring (bicyclic) bond motifs is 1. The van der Waals surface area contributed by atoms with Crippen LogP contribution in [0.15, 0.2) is 42.9 Å². The maximum atomic E-state index is 12.9. The van der Waals surface area contributed by atoms with Gasteiger partial charge in [0.05, 0.1) is 17.2 Å². The van der Waals surface area contributed by atoms with E-state index in [0.29, 0.717) is 11.7 Å². The van der Waals surface area contributed by atoms with Gasteiger partial charge in [-0.05, 0) is 25.0 Å². The number of benzene rings is 1. The maximum Gasteiger partial charge on any atom is 0.247 e. The highest BCUT2D eigenvalue weighted by atomic mass is 16.2. The fourth-order valence-electron chi connectivity index (χ4n) is 3.77. The second-order valence-electron chi connectivity index (χ2n) is 6.90. The first-order chi connectivity index (χ1) is 12.7. The number of rotatable bonds is 4. The molecule has 0 spiro atoms. The Morgan fingerprint density at radius 3 is 2.77 bits per heavy atom. The van der Waals surface area contributed by atoms with Crippen LogP contribution in [0.4, 0.5) is 5.82 Å². The Morgan fingerprint density at radius 1 is 1.19 bits per heavy atom. The number of anilines is 1. The van der Waals surface area contributed by atoms with Gasteiger partial charge in [-0.25, -0.2) is 9.97 Å². The largest absolute Gasteiger partial charge is 0.318 e. The number of aromatic nitrogens is 4. The molecule has 0 radical (unpaired) electrons. The minimum atomic E-state index is -0.0225. The normalized spacial score (nSPS) is 15.3. The summed E-state index contributed by atoms with van der Waals surface area (Å²) >= 11 is 0. The molecule has 6 nitrogen and oxygen atoms in total. The van der Waals surface area contributed by atoms with E-state index in [9.17, 15) is 4.79 Å². The van der Waals surface area contributed by atoms with Crippen molar-refractivity contribution in [3.8, 4) is 0 Å². The lowest BCUT2D eigenvalue weighted by atomic mass is 9.88. The number of amides is 1. The Bertz CT molecular complexity index is 899. The average molecular weight is 349 g/mol. The first-order valence-corrected chi connectivity index (χ1v) is 9.22. The molecule has 0 atom stereocenters. The molecule has 2 heterocycles. The molecule has 6 heteroatoms. The smallest absolute Gasteiger partial charge is 0.247 e. The number of nitrogens with zero attached hydrogens (tertiary/aromatic N) is 5. The molecular formula is C20H23N5O. The fraction of sp³-hybridized carbons (Fsp3) is 0.400. The van der Waals surface area contributed by atoms with Crippen LogP contribution in [0.5, 0.6) is 0 Å². The summed E-state index contributed by atoms with van der Waals surface area (Å²) in [6.07, 6.45) is 10.9. The molecule has 0 bridgehead atoms. The molecule has 1 aliphatic rings. The first kappa shape index (κ1) is 16.7. The van der Waals surface area contributed by atoms with E-state index in [-0.39, 0.29) is 12.5 Å². The molecule has 0 N–H and O–H groups in total. The number of imidazole rings is 1. The molecule has 1 aromatic carbocycles. The van der Waals surface area contributed by atoms with Crippen LogP contribution in [0.2, 0.25) is 0 Å². The van der Waals surface area contributed by atoms with E-state index >= 15 is 0 Å². The van der Waals surface area contributed by atoms with Gasteiger partial charge in [0.1, 0.15) is 12.4 Å². The molecule has 0 aliphatic heterocycles. The van der Waals surface area contributed by atoms with Crippen molar-refractivity contribution in [3.63, 3.8) is 0 Å². The molecule has 0 saturated heterocycles. The van der Waals surface area contributed by atoms with Gasteiger partial charge in [0.15, 0.2) is 5.82 Å². The summed E-state index contributed by atoms with van der Waals surface area (Å²) in [6.45, 7) is 0.263. The maximum absolute atomic E-state index is 12.9. The Hall–Kier alpha value is -2.76. The summed E-state index contributed by atoms with van der Waals surface area (Å²) in [5, 5.41) is 0. The van der Waals surface area contributed by atoms with Crippen molar-refractivity contribution < 1.29 is 4.79 Å². The Kier molecular flexibility index (Phi) is 4.65. The Morgan fingerprint density at radius 2 is 2.00 bits per heavy atom. The van der Waals surface area contributed by atoms with Crippen LogP contribution < -0.4 is 4.90 Å². The first-order valence-electron chi connectivity index (χ1n) is 9.22. The standard InChI is InChI=1S/C20H23N5O/c1-24(18-13-21-11-12-22-18)19(26)14-25-17-10-6-5-9-16(17)23-20(25)15-7-3-2-4-8-15/h5-6,9-13,15H,2-4,7-8,14H2,1H3. The third-order valence-corrected chi connectivity index (χ3v) is 5.22. The van der Waals surface area contributed by atoms with Crippen molar-refractivity contribution in [2.75, 3.05) is 11.9 Å². The minimum Gasteiger partial charge on any atom is -0.318 e. The van der Waals surface area contributed by atoms with E-state index in [2.05, 4.69) is 14.5 Å². The van der Waals surface area contributed by atoms with Gasteiger partial charge in [-0.1, -0.05) is 31.4 Å². The van der Waals surface area contributed by atoms with Crippen molar-refractivity contribution in [2.24, 2.45) is 0 Å². The summed E-state index contributed by atoms with van der Waals surface area (Å²) < 4.78 is 2.10. The molecule has 134 valence electrons. The number of hydrogen-bond donors (Lipinski definition) is 0. The molecule has 1 saturated carbocycles. The lowest BCUT2D eigenvalue weighted by Gasteiger charge is -2.23. The summed E-state index contributed by atoms with van der Waals surface area (Å²) in [5.74, 6) is 2.02. The monoisotopic (exact) mass is 349 g/mol. The lowest BCUT2D eigenvalue weighted by Crippen LogP contribution is -2.31. The van der Waals surface area contributed by atoms with E-state index in [1.165, 1.54) is 19.3 Å². The zero-order valence-electron chi connectivity index (χ0n) is 15.0. The highest BCUT2D eigenvalue weighted by Gasteiger charge is 2.24. The SMILES string of the molecule is CN(C(=O)Cn1c(C2CCCCC2)nc2ccccc21)c1cnccn1. The fourth-order valence-corrected chi connectivity index (χ4v) is 3.77. The third kappa shape index (κ3) is 3.19. The summed E-state index contributed by atoms with van der Waals surface area (Å²) in [5.41, 5.74) is 1.98. The van der Waals surface area contributed by atoms with Crippen LogP contribution in [0.3, 0.4) is 0 Å². The van der Waals surface area contributed by atoms with E-state index in [0.717, 1.165) is 29.7 Å². The molecule has 1 amide bonds. The number of hydrogen-bond acceptors (Lipinski definition) is 4. The van der Waals surface area contributed by atoms with Crippen LogP contribution in [0.1, 0.15) is 43.8 Å². The second-order valence-corrected chi connectivity index (χ2v) is 6.90. The van der Waals surface area contributed by atoms with Crippen LogP contribution in [-0.4, -0.2) is 32.5 Å². The molecule has 1 fully saturated rings. The number of carbonyl (C=O) groups excluding carboxylic acids is 1. The van der Waals surface area contributed by atoms with Gasteiger partial charge in [0.25, 0.3) is 0 Å². The van der Waals surface area contributed by atoms with Gasteiger partial charge in [0.2, 0.25) is 5.91 Å². The van der Waals surface area contributed by atoms with Gasteiger partial charge < -0.3 is 4.57 Å². The molecule has 0 unspecified atom stereocenters. The van der Waals surface area contributed by atoms with Crippen molar-refractivity contribution in [1.82, 2.24) is 19.5 Å². The van der Waals surface area contributed by atoms with Crippen molar-refractivity contribution in [1.29, 1.82) is 0 Å². The molecular weight excluding hydrogens is 326 g/mol. The highest BCUT2D eigenvalue weighted by Crippen LogP contribution is 2.34. The van der Waals surface area contributed by atoms with Crippen molar-refractivity contribution >= 4 is 22.8 Å². The zero-order valence-corrected chi connectivity index (χ0v) is 15.0. The van der Waals surface area contributed by atoms with Crippen molar-refractivity contribution in [2.45, 2.75) is 44.6 Å². The predicted octanol–water partition coefficient (Wildman–Crippen LogP) is 3.54. The molecule has 3 aromatic rings. The molecule has 4 rings (SSSR count). The molecule has 26 heavy (non-hydrogen) atoms. The second kappa shape index (κ2) is 7.23. The summed E-state index contributed by atoms with van der Waals surface area (Å²) in [6, 6.07) is 8.07. The van der Waals surface area contributed by atoms with E-state index < -0.39 is 0 Å². The molecule has 2 aromatic heterocycles. The van der Waals surface area contributed by atoms with Gasteiger partial charge in [-0.3, -0.25) is 14.7 Å². The quantitative estimate of drug-likeness (QED) is 0.723. The van der Waals surface area contributed by atoms with Crippen molar-refractivity contribution in [3.05, 3.63) is 48.7 Å². The Balaban J connectivity index is 1.67. The van der Waals surface area contributed by atoms with E-state index in [1.807, 2.05) is 24.3 Å². The zero-order chi connectivity index (χ0) is 17.9. The van der Waals surface area contributed by atoms with Gasteiger partial charge in [-0.15, -0.1) is 0 Å². The highest BCUT2D eigenvalue weighted by molar-refractivity contribution is 5.92. The van der Waals surface area contributed by atoms with Crippen LogP contribution >= 0.6 is 0 Å². The average Bonchev–Trinajstić information content (AvgIpc) is 3.07. The van der Waals surface area contributed by atoms with Gasteiger partial charge in [0, 0.05) is 25.4 Å². The van der Waals surface area contributed by atoms with E-state index in [4.69, 9.17) is 4.98 Å². The number of para-hydroxylation sites is 2. The topological polar surface area (TPSA) is 63.9 Å².